The van der Waals surface area contributed by atoms with E-state index in [1.54, 1.807) is 37.3 Å². The lowest BCUT2D eigenvalue weighted by molar-refractivity contribution is -0.114. The van der Waals surface area contributed by atoms with Crippen LogP contribution in [-0.4, -0.2) is 33.9 Å². The van der Waals surface area contributed by atoms with Gasteiger partial charge < -0.3 is 10.1 Å². The number of anilines is 2. The van der Waals surface area contributed by atoms with E-state index < -0.39 is 28.4 Å². The summed E-state index contributed by atoms with van der Waals surface area (Å²) in [6.07, 6.45) is 0. The second-order valence-corrected chi connectivity index (χ2v) is 9.60. The normalized spacial score (nSPS) is 11.0. The summed E-state index contributed by atoms with van der Waals surface area (Å²) in [5.41, 5.74) is 2.48. The molecule has 0 spiro atoms. The number of carbonyl (C=O) groups excluding carboxylic acids is 2. The molecule has 3 rings (SSSR count). The first-order chi connectivity index (χ1) is 15.6. The summed E-state index contributed by atoms with van der Waals surface area (Å²) in [5.74, 6) is -1.06. The number of benzene rings is 3. The van der Waals surface area contributed by atoms with Gasteiger partial charge in [0.25, 0.3) is 10.0 Å². The van der Waals surface area contributed by atoms with Gasteiger partial charge in [-0.3, -0.25) is 9.10 Å². The van der Waals surface area contributed by atoms with Crippen LogP contribution in [0.5, 0.6) is 0 Å². The maximum atomic E-state index is 13.5. The highest BCUT2D eigenvalue weighted by atomic mass is 35.5. The molecular weight excluding hydrogens is 464 g/mol. The summed E-state index contributed by atoms with van der Waals surface area (Å²) in [5, 5.41) is 3.05. The smallest absolute Gasteiger partial charge is 0.337 e. The van der Waals surface area contributed by atoms with Crippen LogP contribution in [-0.2, 0) is 19.6 Å². The van der Waals surface area contributed by atoms with Gasteiger partial charge in [0.15, 0.2) is 0 Å². The molecule has 0 fully saturated rings. The van der Waals surface area contributed by atoms with E-state index in [4.69, 9.17) is 11.6 Å². The first-order valence-electron chi connectivity index (χ1n) is 9.96. The van der Waals surface area contributed by atoms with Gasteiger partial charge in [0.05, 0.1) is 23.3 Å². The van der Waals surface area contributed by atoms with Gasteiger partial charge in [0.2, 0.25) is 5.91 Å². The van der Waals surface area contributed by atoms with Gasteiger partial charge in [-0.05, 0) is 67.9 Å². The minimum absolute atomic E-state index is 0.0581. The zero-order chi connectivity index (χ0) is 24.2. The summed E-state index contributed by atoms with van der Waals surface area (Å²) >= 11 is 6.23. The Labute approximate surface area is 198 Å². The number of nitrogens with zero attached hydrogens (tertiary/aromatic N) is 1. The van der Waals surface area contributed by atoms with Gasteiger partial charge >= 0.3 is 5.97 Å². The van der Waals surface area contributed by atoms with E-state index in [0.29, 0.717) is 27.5 Å². The summed E-state index contributed by atoms with van der Waals surface area (Å²) in [4.78, 5) is 24.5. The summed E-state index contributed by atoms with van der Waals surface area (Å²) < 4.78 is 32.7. The van der Waals surface area contributed by atoms with Crippen LogP contribution in [0.1, 0.15) is 21.5 Å². The van der Waals surface area contributed by atoms with Crippen LogP contribution in [0.2, 0.25) is 5.02 Å². The number of carbonyl (C=O) groups is 2. The molecule has 3 aromatic rings. The Morgan fingerprint density at radius 2 is 1.61 bits per heavy atom. The van der Waals surface area contributed by atoms with E-state index in [9.17, 15) is 18.0 Å². The molecule has 0 aromatic heterocycles. The van der Waals surface area contributed by atoms with Crippen LogP contribution in [0, 0.1) is 13.8 Å². The quantitative estimate of drug-likeness (QED) is 0.493. The molecule has 0 aliphatic carbocycles. The molecule has 0 aliphatic rings. The molecule has 0 unspecified atom stereocenters. The highest BCUT2D eigenvalue weighted by Crippen LogP contribution is 2.31. The molecule has 0 radical (unpaired) electrons. The van der Waals surface area contributed by atoms with E-state index in [-0.39, 0.29) is 4.90 Å². The third-order valence-corrected chi connectivity index (χ3v) is 7.18. The number of halogens is 1. The fourth-order valence-corrected chi connectivity index (χ4v) is 4.79. The van der Waals surface area contributed by atoms with Gasteiger partial charge in [-0.25, -0.2) is 13.2 Å². The molecule has 172 valence electrons. The van der Waals surface area contributed by atoms with Gasteiger partial charge in [-0.1, -0.05) is 35.4 Å². The summed E-state index contributed by atoms with van der Waals surface area (Å²) in [7, 11) is -2.79. The third-order valence-electron chi connectivity index (χ3n) is 4.99. The third kappa shape index (κ3) is 5.53. The lowest BCUT2D eigenvalue weighted by Gasteiger charge is -2.26. The Hall–Kier alpha value is -3.36. The van der Waals surface area contributed by atoms with E-state index in [1.807, 2.05) is 6.92 Å². The molecule has 3 aromatic carbocycles. The average Bonchev–Trinajstić information content (AvgIpc) is 2.79. The van der Waals surface area contributed by atoms with Crippen molar-refractivity contribution in [2.75, 3.05) is 23.3 Å². The lowest BCUT2D eigenvalue weighted by Crippen LogP contribution is -2.38. The number of methoxy groups -OCH3 is 1. The summed E-state index contributed by atoms with van der Waals surface area (Å²) in [6.45, 7) is 3.07. The van der Waals surface area contributed by atoms with Crippen molar-refractivity contribution < 1.29 is 22.7 Å². The molecule has 33 heavy (non-hydrogen) atoms. The van der Waals surface area contributed by atoms with Crippen LogP contribution < -0.4 is 9.62 Å². The number of esters is 1. The number of amides is 1. The minimum Gasteiger partial charge on any atom is -0.465 e. The Morgan fingerprint density at radius 3 is 2.21 bits per heavy atom. The van der Waals surface area contributed by atoms with Crippen molar-refractivity contribution in [2.24, 2.45) is 0 Å². The average molecular weight is 487 g/mol. The molecule has 0 bridgehead atoms. The highest BCUT2D eigenvalue weighted by molar-refractivity contribution is 7.92. The Kier molecular flexibility index (Phi) is 7.40. The zero-order valence-electron chi connectivity index (χ0n) is 18.3. The molecule has 0 atom stereocenters. The molecular formula is C24H23ClN2O5S. The standard InChI is InChI=1S/C24H23ClN2O5S/c1-16-7-13-20(14-8-16)33(30,31)27(22-6-4-5-21(25)17(22)2)15-23(28)26-19-11-9-18(10-12-19)24(29)32-3/h4-14H,15H2,1-3H3,(H,26,28). The van der Waals surface area contributed by atoms with Crippen molar-refractivity contribution in [1.29, 1.82) is 0 Å². The van der Waals surface area contributed by atoms with E-state index in [0.717, 1.165) is 9.87 Å². The molecule has 1 amide bonds. The second kappa shape index (κ2) is 10.1. The van der Waals surface area contributed by atoms with Crippen molar-refractivity contribution in [2.45, 2.75) is 18.7 Å². The summed E-state index contributed by atoms with van der Waals surface area (Å²) in [6, 6.07) is 17.4. The van der Waals surface area contributed by atoms with E-state index in [1.165, 1.54) is 43.5 Å². The maximum Gasteiger partial charge on any atom is 0.337 e. The molecule has 0 saturated heterocycles. The molecule has 7 nitrogen and oxygen atoms in total. The van der Waals surface area contributed by atoms with Crippen molar-refractivity contribution in [3.63, 3.8) is 0 Å². The SMILES string of the molecule is COC(=O)c1ccc(NC(=O)CN(c2cccc(Cl)c2C)S(=O)(=O)c2ccc(C)cc2)cc1. The van der Waals surface area contributed by atoms with Crippen molar-refractivity contribution in [3.8, 4) is 0 Å². The largest absolute Gasteiger partial charge is 0.465 e. The van der Waals surface area contributed by atoms with Crippen molar-refractivity contribution in [1.82, 2.24) is 0 Å². The Bertz CT molecular complexity index is 1270. The molecule has 1 N–H and O–H groups in total. The van der Waals surface area contributed by atoms with Crippen LogP contribution in [0.3, 0.4) is 0 Å². The number of ether oxygens (including phenoxy) is 1. The minimum atomic E-state index is -4.07. The number of nitrogens with one attached hydrogen (secondary N) is 1. The highest BCUT2D eigenvalue weighted by Gasteiger charge is 2.28. The van der Waals surface area contributed by atoms with Gasteiger partial charge in [0, 0.05) is 10.7 Å². The number of hydrogen-bond donors (Lipinski definition) is 1. The molecule has 0 aliphatic heterocycles. The van der Waals surface area contributed by atoms with Crippen LogP contribution >= 0.6 is 11.6 Å². The number of sulfonamides is 1. The van der Waals surface area contributed by atoms with Crippen molar-refractivity contribution >= 4 is 44.9 Å². The predicted molar refractivity (Wildman–Crippen MR) is 128 cm³/mol. The number of rotatable bonds is 7. The van der Waals surface area contributed by atoms with Crippen LogP contribution in [0.25, 0.3) is 0 Å². The molecule has 9 heteroatoms. The van der Waals surface area contributed by atoms with E-state index in [2.05, 4.69) is 10.1 Å². The van der Waals surface area contributed by atoms with Crippen LogP contribution in [0.4, 0.5) is 11.4 Å². The van der Waals surface area contributed by atoms with Crippen LogP contribution in [0.15, 0.2) is 71.6 Å². The lowest BCUT2D eigenvalue weighted by atomic mass is 10.2. The zero-order valence-corrected chi connectivity index (χ0v) is 19.9. The van der Waals surface area contributed by atoms with Gasteiger partial charge in [-0.15, -0.1) is 0 Å². The van der Waals surface area contributed by atoms with Crippen molar-refractivity contribution in [3.05, 3.63) is 88.4 Å². The molecule has 0 heterocycles. The predicted octanol–water partition coefficient (Wildman–Crippen LogP) is 4.58. The first kappa shape index (κ1) is 24.3. The van der Waals surface area contributed by atoms with E-state index >= 15 is 0 Å². The Morgan fingerprint density at radius 1 is 0.970 bits per heavy atom. The second-order valence-electron chi connectivity index (χ2n) is 7.33. The maximum absolute atomic E-state index is 13.5. The fraction of sp³-hybridized carbons (Fsp3) is 0.167. The monoisotopic (exact) mass is 486 g/mol. The fourth-order valence-electron chi connectivity index (χ4n) is 3.14. The molecule has 0 saturated carbocycles. The van der Waals surface area contributed by atoms with Gasteiger partial charge in [0.1, 0.15) is 6.54 Å². The number of hydrogen-bond acceptors (Lipinski definition) is 5. The Balaban J connectivity index is 1.93. The number of aryl methyl sites for hydroxylation is 1. The first-order valence-corrected chi connectivity index (χ1v) is 11.8. The topological polar surface area (TPSA) is 92.8 Å². The van der Waals surface area contributed by atoms with Gasteiger partial charge in [-0.2, -0.15) is 0 Å².